The van der Waals surface area contributed by atoms with Crippen LogP contribution in [0.5, 0.6) is 5.75 Å². The molecule has 0 spiro atoms. The smallest absolute Gasteiger partial charge is 0.372 e. The van der Waals surface area contributed by atoms with Crippen molar-refractivity contribution < 1.29 is 47.7 Å². The average molecular weight is 543 g/mol. The summed E-state index contributed by atoms with van der Waals surface area (Å²) in [5, 5.41) is -0.135. The van der Waals surface area contributed by atoms with Gasteiger partial charge >= 0.3 is 16.3 Å². The van der Waals surface area contributed by atoms with Gasteiger partial charge in [-0.1, -0.05) is 23.7 Å². The number of halogens is 9. The van der Waals surface area contributed by atoms with Crippen LogP contribution in [0.4, 0.5) is 35.1 Å². The van der Waals surface area contributed by atoms with Gasteiger partial charge in [-0.25, -0.2) is 13.2 Å². The topological polar surface area (TPSA) is 43.4 Å². The molecular formula is C22H11ClF8O3S. The number of rotatable bonds is 4. The molecule has 1 aliphatic rings. The maximum absolute atomic E-state index is 13.9. The Morgan fingerprint density at radius 3 is 1.97 bits per heavy atom. The molecule has 186 valence electrons. The average Bonchev–Trinajstić information content (AvgIpc) is 3.22. The second-order valence-electron chi connectivity index (χ2n) is 7.62. The number of aryl methyl sites for hydroxylation is 1. The molecule has 4 rings (SSSR count). The van der Waals surface area contributed by atoms with Crippen LogP contribution in [0.25, 0.3) is 0 Å². The lowest BCUT2D eigenvalue weighted by molar-refractivity contribution is -0.137. The fraction of sp³-hybridized carbons (Fsp3) is 0.182. The lowest BCUT2D eigenvalue weighted by Crippen LogP contribution is -2.14. The number of alkyl halides is 3. The van der Waals surface area contributed by atoms with Crippen LogP contribution in [0, 0.1) is 29.1 Å². The molecule has 0 unspecified atom stereocenters. The van der Waals surface area contributed by atoms with Crippen LogP contribution in [0.3, 0.4) is 0 Å². The molecule has 0 bridgehead atoms. The molecule has 35 heavy (non-hydrogen) atoms. The molecule has 0 fully saturated rings. The Morgan fingerprint density at radius 2 is 1.40 bits per heavy atom. The molecule has 0 aromatic heterocycles. The molecular weight excluding hydrogens is 532 g/mol. The van der Waals surface area contributed by atoms with Crippen LogP contribution in [-0.4, -0.2) is 8.42 Å². The van der Waals surface area contributed by atoms with Gasteiger partial charge in [-0.3, -0.25) is 0 Å². The molecule has 0 N–H and O–H groups in total. The molecule has 3 aromatic carbocycles. The summed E-state index contributed by atoms with van der Waals surface area (Å²) in [6.07, 6.45) is -3.96. The van der Waals surface area contributed by atoms with E-state index in [4.69, 9.17) is 11.6 Å². The van der Waals surface area contributed by atoms with Crippen molar-refractivity contribution in [3.8, 4) is 5.75 Å². The van der Waals surface area contributed by atoms with E-state index in [0.717, 1.165) is 24.3 Å². The largest absolute Gasteiger partial charge is 0.416 e. The van der Waals surface area contributed by atoms with Gasteiger partial charge in [-0.15, -0.1) is 0 Å². The second kappa shape index (κ2) is 8.66. The van der Waals surface area contributed by atoms with Crippen molar-refractivity contribution in [1.29, 1.82) is 0 Å². The van der Waals surface area contributed by atoms with Gasteiger partial charge in [0.1, 0.15) is 4.90 Å². The summed E-state index contributed by atoms with van der Waals surface area (Å²) >= 11 is 6.07. The summed E-state index contributed by atoms with van der Waals surface area (Å²) in [6, 6.07) is 6.27. The summed E-state index contributed by atoms with van der Waals surface area (Å²) in [5.41, 5.74) is 0.415. The highest BCUT2D eigenvalue weighted by Gasteiger charge is 2.34. The van der Waals surface area contributed by atoms with Gasteiger partial charge in [0.25, 0.3) is 0 Å². The third-order valence-electron chi connectivity index (χ3n) is 5.55. The molecule has 3 nitrogen and oxygen atoms in total. The first-order valence-corrected chi connectivity index (χ1v) is 11.5. The van der Waals surface area contributed by atoms with Gasteiger partial charge in [0.2, 0.25) is 34.8 Å². The highest BCUT2D eigenvalue weighted by atomic mass is 35.5. The van der Waals surface area contributed by atoms with Crippen LogP contribution in [0.15, 0.2) is 41.3 Å². The van der Waals surface area contributed by atoms with Crippen molar-refractivity contribution in [2.45, 2.75) is 29.8 Å². The lowest BCUT2D eigenvalue weighted by Gasteiger charge is -2.16. The summed E-state index contributed by atoms with van der Waals surface area (Å²) in [4.78, 5) is -0.626. The van der Waals surface area contributed by atoms with Gasteiger partial charge in [0.05, 0.1) is 5.56 Å². The van der Waals surface area contributed by atoms with E-state index >= 15 is 0 Å². The second-order valence-corrected chi connectivity index (χ2v) is 9.58. The fourth-order valence-corrected chi connectivity index (χ4v) is 5.17. The molecule has 0 radical (unpaired) electrons. The molecule has 0 aliphatic heterocycles. The fourth-order valence-electron chi connectivity index (χ4n) is 3.87. The van der Waals surface area contributed by atoms with Gasteiger partial charge < -0.3 is 4.18 Å². The number of hydrogen-bond acceptors (Lipinski definition) is 3. The van der Waals surface area contributed by atoms with Crippen LogP contribution >= 0.6 is 11.6 Å². The van der Waals surface area contributed by atoms with Crippen LogP contribution < -0.4 is 4.18 Å². The Kier molecular flexibility index (Phi) is 6.25. The minimum absolute atomic E-state index is 0.135. The van der Waals surface area contributed by atoms with Gasteiger partial charge in [0, 0.05) is 10.9 Å². The van der Waals surface area contributed by atoms with Gasteiger partial charge in [0.15, 0.2) is 0 Å². The van der Waals surface area contributed by atoms with E-state index in [0.29, 0.717) is 23.1 Å². The Bertz CT molecular complexity index is 1430. The summed E-state index contributed by atoms with van der Waals surface area (Å²) in [5.74, 6) is -14.6. The van der Waals surface area contributed by atoms with E-state index in [1.165, 1.54) is 12.1 Å². The first kappa shape index (κ1) is 25.2. The Hall–Kier alpha value is -2.86. The molecule has 0 amide bonds. The SMILES string of the molecule is O=S(=O)(Oc1c(F)c(F)c(F)c(F)c1F)c1ccc2c(c1)CC[C@@H]2c1ccc(C(F)(F)F)cc1Cl. The molecule has 1 aliphatic carbocycles. The number of benzene rings is 3. The summed E-state index contributed by atoms with van der Waals surface area (Å²) in [7, 11) is -5.03. The Labute approximate surface area is 198 Å². The third kappa shape index (κ3) is 4.44. The predicted octanol–water partition coefficient (Wildman–Crippen LogP) is 6.90. The molecule has 0 saturated heterocycles. The highest BCUT2D eigenvalue weighted by molar-refractivity contribution is 7.87. The molecule has 0 saturated carbocycles. The zero-order chi connectivity index (χ0) is 25.9. The molecule has 13 heteroatoms. The van der Waals surface area contributed by atoms with Crippen LogP contribution in [0.2, 0.25) is 5.02 Å². The van der Waals surface area contributed by atoms with Crippen molar-refractivity contribution in [2.75, 3.05) is 0 Å². The Morgan fingerprint density at radius 1 is 0.829 bits per heavy atom. The summed E-state index contributed by atoms with van der Waals surface area (Å²) in [6.45, 7) is 0. The normalized spacial score (nSPS) is 15.9. The van der Waals surface area contributed by atoms with Crippen LogP contribution in [-0.2, 0) is 22.7 Å². The van der Waals surface area contributed by atoms with E-state index < -0.39 is 67.5 Å². The lowest BCUT2D eigenvalue weighted by atomic mass is 9.92. The zero-order valence-electron chi connectivity index (χ0n) is 17.0. The van der Waals surface area contributed by atoms with E-state index in [1.54, 1.807) is 0 Å². The highest BCUT2D eigenvalue weighted by Crippen LogP contribution is 2.43. The third-order valence-corrected chi connectivity index (χ3v) is 7.09. The maximum Gasteiger partial charge on any atom is 0.416 e. The van der Waals surface area contributed by atoms with Crippen molar-refractivity contribution in [2.24, 2.45) is 0 Å². The van der Waals surface area contributed by atoms with Crippen molar-refractivity contribution in [1.82, 2.24) is 0 Å². The predicted molar refractivity (Wildman–Crippen MR) is 107 cm³/mol. The number of fused-ring (bicyclic) bond motifs is 1. The first-order chi connectivity index (χ1) is 16.2. The van der Waals surface area contributed by atoms with Crippen molar-refractivity contribution in [3.63, 3.8) is 0 Å². The van der Waals surface area contributed by atoms with Gasteiger partial charge in [-0.05, 0) is 53.8 Å². The quantitative estimate of drug-likeness (QED) is 0.156. The van der Waals surface area contributed by atoms with Gasteiger partial charge in [-0.2, -0.15) is 30.4 Å². The van der Waals surface area contributed by atoms with Crippen molar-refractivity contribution in [3.05, 3.63) is 92.8 Å². The maximum atomic E-state index is 13.9. The van der Waals surface area contributed by atoms with Crippen LogP contribution in [0.1, 0.15) is 34.6 Å². The van der Waals surface area contributed by atoms with E-state index in [9.17, 15) is 43.5 Å². The number of hydrogen-bond donors (Lipinski definition) is 0. The molecule has 1 atom stereocenters. The summed E-state index contributed by atoms with van der Waals surface area (Å²) < 4.78 is 136. The monoisotopic (exact) mass is 542 g/mol. The first-order valence-electron chi connectivity index (χ1n) is 9.67. The van der Waals surface area contributed by atoms with Crippen molar-refractivity contribution >= 4 is 21.7 Å². The zero-order valence-corrected chi connectivity index (χ0v) is 18.6. The van der Waals surface area contributed by atoms with E-state index in [1.807, 2.05) is 0 Å². The van der Waals surface area contributed by atoms with E-state index in [-0.39, 0.29) is 11.4 Å². The molecule has 0 heterocycles. The Balaban J connectivity index is 1.67. The standard InChI is InChI=1S/C22H11ClF8O3S/c23-15-8-10(22(29,30)31)2-5-14(15)13-4-1-9-7-11(3-6-12(9)13)35(32,33)34-21-19(27)17(25)16(24)18(26)20(21)28/h2-3,5-8,13H,1,4H2/t13-/m0/s1. The molecule has 3 aromatic rings. The van der Waals surface area contributed by atoms with E-state index in [2.05, 4.69) is 4.18 Å². The minimum Gasteiger partial charge on any atom is -0.372 e. The minimum atomic E-state index is -5.03.